The summed E-state index contributed by atoms with van der Waals surface area (Å²) in [5.41, 5.74) is 8.20. The van der Waals surface area contributed by atoms with Crippen molar-refractivity contribution in [2.75, 3.05) is 192 Å². The number of likely N-dealkylation sites (tertiary alicyclic amines) is 5. The van der Waals surface area contributed by atoms with Crippen LogP contribution in [0.3, 0.4) is 0 Å². The second kappa shape index (κ2) is 46.5. The third-order valence-electron chi connectivity index (χ3n) is 30.2. The first kappa shape index (κ1) is 104. The number of carboxylic acid groups (broad SMARTS) is 1. The predicted octanol–water partition coefficient (Wildman–Crippen LogP) is 18.9. The number of rotatable bonds is 29. The topological polar surface area (TPSA) is 299 Å². The number of hydrogen-bond acceptors (Lipinski definition) is 25. The molecule has 35 heteroatoms. The first-order valence-corrected chi connectivity index (χ1v) is 51.8. The molecule has 8 unspecified atom stereocenters. The van der Waals surface area contributed by atoms with E-state index in [9.17, 15) is 43.3 Å². The summed E-state index contributed by atoms with van der Waals surface area (Å²) in [7, 11) is 0. The maximum atomic E-state index is 13.7. The van der Waals surface area contributed by atoms with E-state index >= 15 is 0 Å². The number of β-amino-alcohol motifs (C(OH)–C–C–N with tert-alkyl or cyclic N) is 2. The number of hydrogen-bond donors (Lipinski definition) is 7. The van der Waals surface area contributed by atoms with Crippen LogP contribution < -0.4 is 40.9 Å². The number of anilines is 8. The molecule has 0 radical (unpaired) electrons. The fraction of sp³-hybridized carbons (Fsp3) is 0.583. The standard InChI is InChI=1S/C28H39ClN6O.C27H35BrClN5O2.C24H31ClF3N5O.C24H31ClN6O/c1-19-8-9-24(25(29)14-19)21(3)31-27-20(2)15-30-28(32-27)35-17-23(18-35)22-6-4-10-33(16-22)12-13-34-11-5-7-26(34)36;1-16-6-7-21(23(29)9-16)17(2)31-24-22(28)12-30-26(32-24)34-14-19(15-34)18-5-4-8-33(13-18)20-10-27(3,11-20)25(35)36;1-15-5-6-19(21(25)10-15)16(2)30-22-20(24(26,27)28)11-29-23(31-22)33-13-18(14-33)17-4-3-7-32(12-17)8-9-34;1-16-5-6-21(22(25)10-16)17(2)28-23-19(11-26)12-27-24(29-23)31-14-20(15-31)18-4-3-7-30(13-18)8-9-32/h8-9,14-15,21-23H,4-7,10-13,16-18H2,1-3H3,(H,30,31,32);6-7,9,12,17-20H,4-5,8,10-11,13-15H2,1-3H3,(H,35,36)(H,30,31,32);5-6,10-11,16-18,34H,3-4,7-9,12-14H2,1-2H3,(H,29,30,31);5-6,10,12,17-18,20,32H,3-4,7-9,13-15H2,1-2H3,(H,27,28,29). The lowest BCUT2D eigenvalue weighted by molar-refractivity contribution is -0.158. The summed E-state index contributed by atoms with van der Waals surface area (Å²) in [5, 5.41) is 53.5. The van der Waals surface area contributed by atoms with Gasteiger partial charge in [0, 0.05) is 168 Å². The molecule has 27 nitrogen and oxygen atoms in total. The first-order valence-electron chi connectivity index (χ1n) is 49.5. The molecule has 0 bridgehead atoms. The normalized spacial score (nSPS) is 22.9. The highest BCUT2D eigenvalue weighted by Gasteiger charge is 2.51. The highest BCUT2D eigenvalue weighted by molar-refractivity contribution is 9.10. The van der Waals surface area contributed by atoms with Crippen molar-refractivity contribution in [2.45, 2.75) is 183 Å². The Morgan fingerprint density at radius 1 is 0.478 bits per heavy atom. The molecule has 1 aliphatic carbocycles. The molecule has 18 rings (SSSR count). The fourth-order valence-corrected chi connectivity index (χ4v) is 23.5. The number of aliphatic hydroxyl groups is 2. The SMILES string of the molecule is Cc1ccc(C(C)Nc2nc(N3CC(C4CCCN(C5CC(C)(C(=O)O)C5)C4)C3)ncc2Br)c(Cl)c1.Cc1ccc(C(C)Nc2nc(N3CC(C4CCCN(CCN5CCCC5=O)C4)C3)ncc2C)c(Cl)c1.Cc1ccc(C(C)Nc2nc(N3CC(C4CCCN(CCO)C4)C3)ncc2C#N)c(Cl)c1.Cc1ccc(C(C)Nc2nc(N3CC(C4CCCN(CCO)C4)C3)ncc2C(F)(F)F)c(Cl)c1. The summed E-state index contributed by atoms with van der Waals surface area (Å²) < 4.78 is 41.9. The summed E-state index contributed by atoms with van der Waals surface area (Å²) in [5.74, 6) is 9.09. The Hall–Kier alpha value is -8.78. The predicted molar refractivity (Wildman–Crippen MR) is 547 cm³/mol. The van der Waals surface area contributed by atoms with Gasteiger partial charge in [-0.15, -0.1) is 0 Å². The van der Waals surface area contributed by atoms with E-state index in [4.69, 9.17) is 61.4 Å². The average molecular weight is 2040 g/mol. The molecule has 138 heavy (non-hydrogen) atoms. The molecule has 744 valence electrons. The number of piperidine rings is 4. The number of carbonyl (C=O) groups excluding carboxylic acids is 1. The van der Waals surface area contributed by atoms with Crippen molar-refractivity contribution in [1.82, 2.24) is 64.4 Å². The number of aryl methyl sites for hydroxylation is 5. The van der Waals surface area contributed by atoms with E-state index in [1.165, 1.54) is 38.5 Å². The molecule has 9 aliphatic heterocycles. The molecule has 0 spiro atoms. The van der Waals surface area contributed by atoms with E-state index < -0.39 is 29.2 Å². The van der Waals surface area contributed by atoms with Gasteiger partial charge in [0.25, 0.3) is 0 Å². The summed E-state index contributed by atoms with van der Waals surface area (Å²) in [6.45, 7) is 40.5. The average Bonchev–Trinajstić information content (AvgIpc) is 0.815. The molecule has 13 heterocycles. The van der Waals surface area contributed by atoms with Crippen molar-refractivity contribution in [3.8, 4) is 6.07 Å². The van der Waals surface area contributed by atoms with Gasteiger partial charge in [0.2, 0.25) is 29.7 Å². The van der Waals surface area contributed by atoms with Crippen molar-refractivity contribution in [2.24, 2.45) is 52.8 Å². The maximum Gasteiger partial charge on any atom is 0.421 e. The molecule has 4 aromatic heterocycles. The molecule has 1 amide bonds. The third kappa shape index (κ3) is 25.8. The van der Waals surface area contributed by atoms with Crippen LogP contribution in [0.15, 0.2) is 102 Å². The summed E-state index contributed by atoms with van der Waals surface area (Å²) in [6.07, 6.45) is 14.6. The van der Waals surface area contributed by atoms with E-state index in [1.54, 1.807) is 19.2 Å². The van der Waals surface area contributed by atoms with E-state index in [0.717, 1.165) is 264 Å². The number of halogens is 8. The Bertz CT molecular complexity index is 5540. The zero-order chi connectivity index (χ0) is 98.0. The minimum Gasteiger partial charge on any atom is -0.481 e. The van der Waals surface area contributed by atoms with Crippen LogP contribution in [0.1, 0.15) is 197 Å². The number of nitriles is 1. The first-order chi connectivity index (χ1) is 66.1. The highest BCUT2D eigenvalue weighted by atomic mass is 79.9. The Labute approximate surface area is 839 Å². The van der Waals surface area contributed by atoms with Crippen molar-refractivity contribution in [3.05, 3.63) is 183 Å². The van der Waals surface area contributed by atoms with E-state index in [1.807, 2.05) is 106 Å². The van der Waals surface area contributed by atoms with Crippen LogP contribution in [0.5, 0.6) is 0 Å². The summed E-state index contributed by atoms with van der Waals surface area (Å²) >= 11 is 29.3. The number of nitrogens with one attached hydrogen (secondary N) is 4. The maximum absolute atomic E-state index is 13.7. The second-order valence-electron chi connectivity index (χ2n) is 40.6. The van der Waals surface area contributed by atoms with Gasteiger partial charge in [-0.25, -0.2) is 19.9 Å². The van der Waals surface area contributed by atoms with Crippen LogP contribution in [-0.4, -0.2) is 248 Å². The van der Waals surface area contributed by atoms with Crippen LogP contribution in [0.25, 0.3) is 0 Å². The van der Waals surface area contributed by atoms with Gasteiger partial charge in [-0.3, -0.25) is 9.59 Å². The largest absolute Gasteiger partial charge is 0.481 e. The zero-order valence-electron chi connectivity index (χ0n) is 81.2. The molecule has 1 saturated carbocycles. The summed E-state index contributed by atoms with van der Waals surface area (Å²) in [6, 6.07) is 25.9. The van der Waals surface area contributed by atoms with E-state index in [0.29, 0.717) is 98.8 Å². The van der Waals surface area contributed by atoms with Gasteiger partial charge >= 0.3 is 12.1 Å². The molecule has 10 fully saturated rings. The lowest BCUT2D eigenvalue weighted by Crippen LogP contribution is -2.58. The van der Waals surface area contributed by atoms with Crippen molar-refractivity contribution < 1.29 is 38.1 Å². The lowest BCUT2D eigenvalue weighted by Gasteiger charge is -2.52. The molecular weight excluding hydrogens is 1900 g/mol. The Balaban J connectivity index is 0.000000140. The van der Waals surface area contributed by atoms with E-state index in [-0.39, 0.29) is 37.2 Å². The third-order valence-corrected chi connectivity index (χ3v) is 32.1. The number of aliphatic hydroxyl groups excluding tert-OH is 2. The summed E-state index contributed by atoms with van der Waals surface area (Å²) in [4.78, 5) is 80.4. The van der Waals surface area contributed by atoms with Crippen LogP contribution in [0.4, 0.5) is 60.2 Å². The number of aliphatic carboxylic acids is 1. The van der Waals surface area contributed by atoms with Crippen LogP contribution >= 0.6 is 62.3 Å². The lowest BCUT2D eigenvalue weighted by atomic mass is 9.65. The van der Waals surface area contributed by atoms with Gasteiger partial charge in [0.1, 0.15) is 40.5 Å². The van der Waals surface area contributed by atoms with Crippen LogP contribution in [0, 0.1) is 98.7 Å². The molecule has 9 saturated heterocycles. The Morgan fingerprint density at radius 2 is 0.841 bits per heavy atom. The molecule has 8 atom stereocenters. The zero-order valence-corrected chi connectivity index (χ0v) is 85.8. The smallest absolute Gasteiger partial charge is 0.421 e. The number of amides is 1. The van der Waals surface area contributed by atoms with Crippen molar-refractivity contribution in [3.63, 3.8) is 0 Å². The molecule has 7 N–H and O–H groups in total. The van der Waals surface area contributed by atoms with Gasteiger partial charge in [0.15, 0.2) is 0 Å². The molecule has 8 aromatic rings. The molecular formula is C103H136BrCl4F3N22O5. The van der Waals surface area contributed by atoms with Crippen LogP contribution in [-0.2, 0) is 15.8 Å². The fourth-order valence-electron chi connectivity index (χ4n) is 21.6. The van der Waals surface area contributed by atoms with Crippen LogP contribution in [0.2, 0.25) is 20.1 Å². The number of alkyl halides is 3. The van der Waals surface area contributed by atoms with Gasteiger partial charge < -0.3 is 80.7 Å². The number of benzene rings is 4. The van der Waals surface area contributed by atoms with E-state index in [2.05, 4.69) is 148 Å². The minimum absolute atomic E-state index is 0.00370. The van der Waals surface area contributed by atoms with Gasteiger partial charge in [0.05, 0.1) is 53.5 Å². The number of nitrogens with zero attached hydrogens (tertiary/aromatic N) is 18. The van der Waals surface area contributed by atoms with Crippen molar-refractivity contribution in [1.29, 1.82) is 5.26 Å². The highest BCUT2D eigenvalue weighted by Crippen LogP contribution is 2.48. The number of aromatic nitrogens is 8. The number of carbonyl (C=O) groups is 2. The molecule has 10 aliphatic rings. The quantitative estimate of drug-likeness (QED) is 0.0229. The monoisotopic (exact) mass is 2040 g/mol. The number of carboxylic acids is 1. The van der Waals surface area contributed by atoms with Gasteiger partial charge in [-0.2, -0.15) is 38.4 Å². The van der Waals surface area contributed by atoms with Gasteiger partial charge in [-0.1, -0.05) is 94.9 Å². The molecule has 4 aromatic carbocycles. The van der Waals surface area contributed by atoms with Crippen molar-refractivity contribution >= 4 is 121 Å². The second-order valence-corrected chi connectivity index (χ2v) is 43.1. The Kier molecular flexibility index (Phi) is 34.9. The Morgan fingerprint density at radius 3 is 1.24 bits per heavy atom. The van der Waals surface area contributed by atoms with Gasteiger partial charge in [-0.05, 0) is 298 Å². The minimum atomic E-state index is -4.58.